The van der Waals surface area contributed by atoms with Crippen molar-refractivity contribution in [3.8, 4) is 0 Å². The molecule has 0 aliphatic carbocycles. The zero-order chi connectivity index (χ0) is 20.7. The topological polar surface area (TPSA) is 95.7 Å². The van der Waals surface area contributed by atoms with E-state index in [4.69, 9.17) is 5.73 Å². The predicted molar refractivity (Wildman–Crippen MR) is 91.0 cm³/mol. The van der Waals surface area contributed by atoms with Gasteiger partial charge >= 0.3 is 6.18 Å². The molecule has 0 radical (unpaired) electrons. The molecule has 1 fully saturated rings. The lowest BCUT2D eigenvalue weighted by Gasteiger charge is -2.33. The summed E-state index contributed by atoms with van der Waals surface area (Å²) in [6, 6.07) is -0.876. The molecule has 27 heavy (non-hydrogen) atoms. The number of anilines is 2. The smallest absolute Gasteiger partial charge is 0.396 e. The van der Waals surface area contributed by atoms with Gasteiger partial charge in [-0.15, -0.1) is 0 Å². The van der Waals surface area contributed by atoms with E-state index in [0.717, 1.165) is 22.9 Å². The number of sulfonamides is 1. The molecule has 2 atom stereocenters. The summed E-state index contributed by atoms with van der Waals surface area (Å²) in [6.45, 7) is -0.235. The fourth-order valence-electron chi connectivity index (χ4n) is 3.21. The van der Waals surface area contributed by atoms with E-state index in [2.05, 4.69) is 0 Å². The summed E-state index contributed by atoms with van der Waals surface area (Å²) >= 11 is 0. The van der Waals surface area contributed by atoms with Crippen molar-refractivity contribution in [2.24, 2.45) is 5.92 Å². The second-order valence-corrected chi connectivity index (χ2v) is 8.21. The molecule has 1 amide bonds. The van der Waals surface area contributed by atoms with Crippen molar-refractivity contribution in [1.29, 1.82) is 0 Å². The van der Waals surface area contributed by atoms with Gasteiger partial charge in [0.1, 0.15) is 16.8 Å². The number of nitrogens with one attached hydrogen (secondary N) is 1. The Morgan fingerprint density at radius 2 is 1.93 bits per heavy atom. The molecule has 1 aliphatic rings. The maximum atomic E-state index is 14.0. The summed E-state index contributed by atoms with van der Waals surface area (Å²) in [5.74, 6) is -3.19. The summed E-state index contributed by atoms with van der Waals surface area (Å²) in [7, 11) is -0.449. The first-order chi connectivity index (χ1) is 12.3. The summed E-state index contributed by atoms with van der Waals surface area (Å²) < 4.78 is 81.2. The number of halogens is 4. The Bertz CT molecular complexity index is 842. The Labute approximate surface area is 154 Å². The van der Waals surface area contributed by atoms with Gasteiger partial charge < -0.3 is 15.5 Å². The minimum atomic E-state index is -4.81. The van der Waals surface area contributed by atoms with Crippen molar-refractivity contribution in [2.45, 2.75) is 23.5 Å². The minimum absolute atomic E-state index is 0.134. The van der Waals surface area contributed by atoms with Crippen LogP contribution in [0.5, 0.6) is 0 Å². The van der Waals surface area contributed by atoms with Gasteiger partial charge in [0.25, 0.3) is 0 Å². The van der Waals surface area contributed by atoms with E-state index in [1.165, 1.54) is 14.1 Å². The van der Waals surface area contributed by atoms with E-state index >= 15 is 0 Å². The quantitative estimate of drug-likeness (QED) is 0.572. The third kappa shape index (κ3) is 3.95. The number of carbonyl (C=O) groups excluding carboxylic acids is 1. The fourth-order valence-corrected chi connectivity index (χ4v) is 4.09. The number of alkyl halides is 3. The highest BCUT2D eigenvalue weighted by Crippen LogP contribution is 2.43. The molecule has 3 N–H and O–H groups in total. The number of amides is 1. The lowest BCUT2D eigenvalue weighted by molar-refractivity contribution is -0.164. The number of carbonyl (C=O) groups is 1. The fraction of sp³-hybridized carbons (Fsp3) is 0.533. The molecule has 152 valence electrons. The third-order valence-corrected chi connectivity index (χ3v) is 5.90. The molecule has 1 heterocycles. The van der Waals surface area contributed by atoms with Crippen molar-refractivity contribution in [3.05, 3.63) is 17.9 Å². The van der Waals surface area contributed by atoms with Crippen LogP contribution in [0.1, 0.15) is 6.42 Å². The van der Waals surface area contributed by atoms with Gasteiger partial charge in [-0.1, -0.05) is 0 Å². The number of hydrogen-bond acceptors (Lipinski definition) is 5. The lowest BCUT2D eigenvalue weighted by atomic mass is 9.98. The number of nitrogens with zero attached hydrogens (tertiary/aromatic N) is 2. The maximum absolute atomic E-state index is 14.0. The van der Waals surface area contributed by atoms with Crippen molar-refractivity contribution < 1.29 is 30.8 Å². The second-order valence-electron chi connectivity index (χ2n) is 6.35. The van der Waals surface area contributed by atoms with E-state index in [9.17, 15) is 30.8 Å². The molecular weight excluding hydrogens is 392 g/mol. The van der Waals surface area contributed by atoms with Crippen LogP contribution >= 0.6 is 0 Å². The molecule has 7 nitrogen and oxygen atoms in total. The predicted octanol–water partition coefficient (Wildman–Crippen LogP) is 1.16. The number of nitrogens with two attached hydrogens (primary N) is 1. The monoisotopic (exact) mass is 412 g/mol. The summed E-state index contributed by atoms with van der Waals surface area (Å²) in [6.07, 6.45) is -4.95. The highest BCUT2D eigenvalue weighted by atomic mass is 32.2. The lowest BCUT2D eigenvalue weighted by Crippen LogP contribution is -2.49. The average Bonchev–Trinajstić information content (AvgIpc) is 3.00. The van der Waals surface area contributed by atoms with Gasteiger partial charge in [-0.25, -0.2) is 17.5 Å². The van der Waals surface area contributed by atoms with Crippen molar-refractivity contribution in [2.75, 3.05) is 38.3 Å². The van der Waals surface area contributed by atoms with Crippen molar-refractivity contribution >= 4 is 27.3 Å². The zero-order valence-electron chi connectivity index (χ0n) is 14.8. The van der Waals surface area contributed by atoms with E-state index in [1.807, 2.05) is 4.72 Å². The van der Waals surface area contributed by atoms with Crippen LogP contribution in [0.15, 0.2) is 17.0 Å². The van der Waals surface area contributed by atoms with Crippen LogP contribution < -0.4 is 15.4 Å². The molecule has 1 aliphatic heterocycles. The van der Waals surface area contributed by atoms with Crippen LogP contribution in [0.3, 0.4) is 0 Å². The summed E-state index contributed by atoms with van der Waals surface area (Å²) in [4.78, 5) is 13.3. The third-order valence-electron chi connectivity index (χ3n) is 4.44. The molecule has 0 spiro atoms. The van der Waals surface area contributed by atoms with Crippen LogP contribution in [0.2, 0.25) is 0 Å². The summed E-state index contributed by atoms with van der Waals surface area (Å²) in [5, 5.41) is 0. The Kier molecular flexibility index (Phi) is 5.62. The van der Waals surface area contributed by atoms with Crippen molar-refractivity contribution in [1.82, 2.24) is 9.62 Å². The first kappa shape index (κ1) is 21.2. The SMILES string of the molecule is CNS(=O)(=O)c1cc(F)cc(N2CC[C@H](C(=O)N(C)C)[C@@H]2C(F)(F)F)c1N. The van der Waals surface area contributed by atoms with E-state index in [0.29, 0.717) is 6.07 Å². The Morgan fingerprint density at radius 1 is 1.33 bits per heavy atom. The Balaban J connectivity index is 2.62. The van der Waals surface area contributed by atoms with Gasteiger partial charge in [0.05, 0.1) is 17.3 Å². The Morgan fingerprint density at radius 3 is 2.41 bits per heavy atom. The average molecular weight is 412 g/mol. The minimum Gasteiger partial charge on any atom is -0.396 e. The van der Waals surface area contributed by atoms with E-state index < -0.39 is 56.2 Å². The molecule has 0 saturated carbocycles. The van der Waals surface area contributed by atoms with E-state index in [1.54, 1.807) is 0 Å². The molecule has 0 bridgehead atoms. The molecule has 2 rings (SSSR count). The Hall–Kier alpha value is -2.08. The number of benzene rings is 1. The van der Waals surface area contributed by atoms with Crippen LogP contribution in [-0.2, 0) is 14.8 Å². The highest BCUT2D eigenvalue weighted by molar-refractivity contribution is 7.89. The molecule has 1 saturated heterocycles. The largest absolute Gasteiger partial charge is 0.409 e. The van der Waals surface area contributed by atoms with Gasteiger partial charge in [-0.3, -0.25) is 4.79 Å². The number of hydrogen-bond donors (Lipinski definition) is 2. The van der Waals surface area contributed by atoms with Crippen LogP contribution in [-0.4, -0.2) is 59.1 Å². The standard InChI is InChI=1S/C15H20F4N4O3S/c1-21-27(25,26)11-7-8(16)6-10(12(11)20)23-5-4-9(14(24)22(2)3)13(23)15(17,18)19/h6-7,9,13,21H,4-5,20H2,1-3H3/t9-,13+/m0/s1. The summed E-state index contributed by atoms with van der Waals surface area (Å²) in [5.41, 5.74) is 4.86. The van der Waals surface area contributed by atoms with Crippen LogP contribution in [0.4, 0.5) is 28.9 Å². The van der Waals surface area contributed by atoms with Gasteiger partial charge in [-0.2, -0.15) is 13.2 Å². The van der Waals surface area contributed by atoms with Crippen LogP contribution in [0, 0.1) is 11.7 Å². The zero-order valence-corrected chi connectivity index (χ0v) is 15.7. The van der Waals surface area contributed by atoms with E-state index in [-0.39, 0.29) is 13.0 Å². The van der Waals surface area contributed by atoms with Gasteiger partial charge in [0.2, 0.25) is 15.9 Å². The first-order valence-corrected chi connectivity index (χ1v) is 9.36. The van der Waals surface area contributed by atoms with Crippen molar-refractivity contribution in [3.63, 3.8) is 0 Å². The normalized spacial score (nSPS) is 20.8. The van der Waals surface area contributed by atoms with Gasteiger partial charge in [0, 0.05) is 20.6 Å². The maximum Gasteiger partial charge on any atom is 0.409 e. The molecular formula is C15H20F4N4O3S. The number of nitrogen functional groups attached to an aromatic ring is 1. The van der Waals surface area contributed by atoms with Gasteiger partial charge in [-0.05, 0) is 25.6 Å². The first-order valence-electron chi connectivity index (χ1n) is 7.88. The highest BCUT2D eigenvalue weighted by Gasteiger charge is 2.55. The molecule has 12 heteroatoms. The van der Waals surface area contributed by atoms with Crippen LogP contribution in [0.25, 0.3) is 0 Å². The van der Waals surface area contributed by atoms with Gasteiger partial charge in [0.15, 0.2) is 0 Å². The number of rotatable bonds is 4. The molecule has 0 unspecified atom stereocenters. The molecule has 0 aromatic heterocycles. The molecule has 1 aromatic rings. The molecule has 1 aromatic carbocycles. The second kappa shape index (κ2) is 7.15.